The molecule has 106 valence electrons. The lowest BCUT2D eigenvalue weighted by atomic mass is 10.0. The molecule has 0 radical (unpaired) electrons. The van der Waals surface area contributed by atoms with Crippen molar-refractivity contribution >= 4 is 21.7 Å². The van der Waals surface area contributed by atoms with Gasteiger partial charge in [-0.1, -0.05) is 0 Å². The molecule has 1 saturated heterocycles. The van der Waals surface area contributed by atoms with Crippen molar-refractivity contribution < 1.29 is 4.74 Å². The molecule has 0 aromatic carbocycles. The largest absolute Gasteiger partial charge is 0.492 e. The van der Waals surface area contributed by atoms with Crippen molar-refractivity contribution in [2.45, 2.75) is 0 Å². The first-order valence-corrected chi connectivity index (χ1v) is 7.39. The predicted molar refractivity (Wildman–Crippen MR) is 82.1 cm³/mol. The van der Waals surface area contributed by atoms with Crippen LogP contribution < -0.4 is 9.64 Å². The van der Waals surface area contributed by atoms with Gasteiger partial charge < -0.3 is 9.64 Å². The molecule has 1 aliphatic rings. The van der Waals surface area contributed by atoms with E-state index in [4.69, 9.17) is 10.00 Å². The van der Waals surface area contributed by atoms with Crippen molar-refractivity contribution in [3.8, 4) is 11.8 Å². The molecule has 0 aliphatic carbocycles. The molecule has 6 heteroatoms. The van der Waals surface area contributed by atoms with E-state index in [9.17, 15) is 0 Å². The van der Waals surface area contributed by atoms with Gasteiger partial charge in [0.25, 0.3) is 0 Å². The van der Waals surface area contributed by atoms with Gasteiger partial charge in [0.05, 0.1) is 18.4 Å². The Kier molecular flexibility index (Phi) is 4.02. The lowest BCUT2D eigenvalue weighted by Gasteiger charge is -2.40. The standard InChI is InChI=1S/C15H13BrN4O/c16-13-4-12(5-17)15(19-6-13)20-8-11(9-20)10-21-14-2-1-3-18-7-14/h1-4,6-7,11H,8-10H2. The summed E-state index contributed by atoms with van der Waals surface area (Å²) in [6.45, 7) is 2.35. The fraction of sp³-hybridized carbons (Fsp3) is 0.267. The van der Waals surface area contributed by atoms with Gasteiger partial charge in [0.2, 0.25) is 0 Å². The number of pyridine rings is 2. The maximum Gasteiger partial charge on any atom is 0.146 e. The van der Waals surface area contributed by atoms with Crippen molar-refractivity contribution in [1.29, 1.82) is 5.26 Å². The molecule has 3 rings (SSSR count). The zero-order valence-electron chi connectivity index (χ0n) is 11.2. The molecule has 0 bridgehead atoms. The molecule has 0 N–H and O–H groups in total. The summed E-state index contributed by atoms with van der Waals surface area (Å²) in [5.74, 6) is 1.98. The van der Waals surface area contributed by atoms with Gasteiger partial charge in [-0.15, -0.1) is 0 Å². The normalized spacial score (nSPS) is 14.4. The molecule has 0 atom stereocenters. The SMILES string of the molecule is N#Cc1cc(Br)cnc1N1CC(COc2cccnc2)C1. The summed E-state index contributed by atoms with van der Waals surface area (Å²) < 4.78 is 6.51. The third-order valence-corrected chi connectivity index (χ3v) is 3.76. The van der Waals surface area contributed by atoms with E-state index in [0.29, 0.717) is 18.1 Å². The number of hydrogen-bond donors (Lipinski definition) is 0. The fourth-order valence-electron chi connectivity index (χ4n) is 2.26. The van der Waals surface area contributed by atoms with E-state index in [1.165, 1.54) is 0 Å². The van der Waals surface area contributed by atoms with E-state index in [0.717, 1.165) is 29.1 Å². The Hall–Kier alpha value is -2.13. The highest BCUT2D eigenvalue weighted by Crippen LogP contribution is 2.27. The summed E-state index contributed by atoms with van der Waals surface area (Å²) in [4.78, 5) is 10.4. The zero-order chi connectivity index (χ0) is 14.7. The van der Waals surface area contributed by atoms with Crippen LogP contribution in [0.1, 0.15) is 5.56 Å². The molecule has 0 unspecified atom stereocenters. The Bertz CT molecular complexity index is 665. The Morgan fingerprint density at radius 2 is 2.29 bits per heavy atom. The summed E-state index contributed by atoms with van der Waals surface area (Å²) in [6.07, 6.45) is 5.15. The van der Waals surface area contributed by atoms with E-state index in [1.54, 1.807) is 24.7 Å². The number of ether oxygens (including phenoxy) is 1. The van der Waals surface area contributed by atoms with E-state index < -0.39 is 0 Å². The van der Waals surface area contributed by atoms with Gasteiger partial charge in [-0.2, -0.15) is 5.26 Å². The molecule has 0 amide bonds. The van der Waals surface area contributed by atoms with E-state index in [2.05, 4.69) is 36.9 Å². The molecule has 3 heterocycles. The topological polar surface area (TPSA) is 62.0 Å². The van der Waals surface area contributed by atoms with Crippen molar-refractivity contribution in [2.24, 2.45) is 5.92 Å². The highest BCUT2D eigenvalue weighted by molar-refractivity contribution is 9.10. The average Bonchev–Trinajstić information content (AvgIpc) is 2.47. The molecule has 5 nitrogen and oxygen atoms in total. The molecule has 0 saturated carbocycles. The molecular weight excluding hydrogens is 332 g/mol. The highest BCUT2D eigenvalue weighted by atomic mass is 79.9. The van der Waals surface area contributed by atoms with Crippen LogP contribution in [-0.2, 0) is 0 Å². The number of hydrogen-bond acceptors (Lipinski definition) is 5. The number of rotatable bonds is 4. The highest BCUT2D eigenvalue weighted by Gasteiger charge is 2.30. The van der Waals surface area contributed by atoms with Gasteiger partial charge in [0.15, 0.2) is 0 Å². The maximum absolute atomic E-state index is 9.16. The molecule has 2 aromatic heterocycles. The quantitative estimate of drug-likeness (QED) is 0.853. The van der Waals surface area contributed by atoms with Crippen LogP contribution in [0.2, 0.25) is 0 Å². The fourth-order valence-corrected chi connectivity index (χ4v) is 2.59. The number of anilines is 1. The third kappa shape index (κ3) is 3.14. The molecule has 1 aliphatic heterocycles. The van der Waals surface area contributed by atoms with E-state index in [1.807, 2.05) is 12.1 Å². The maximum atomic E-state index is 9.16. The van der Waals surface area contributed by atoms with Crippen LogP contribution in [0.15, 0.2) is 41.3 Å². The molecule has 21 heavy (non-hydrogen) atoms. The second-order valence-corrected chi connectivity index (χ2v) is 5.82. The number of nitriles is 1. The van der Waals surface area contributed by atoms with Crippen molar-refractivity contribution in [3.63, 3.8) is 0 Å². The minimum atomic E-state index is 0.446. The molecular formula is C15H13BrN4O. The first kappa shape index (κ1) is 13.8. The first-order chi connectivity index (χ1) is 10.3. The zero-order valence-corrected chi connectivity index (χ0v) is 12.8. The summed E-state index contributed by atoms with van der Waals surface area (Å²) >= 11 is 3.33. The average molecular weight is 345 g/mol. The Morgan fingerprint density at radius 1 is 1.43 bits per heavy atom. The van der Waals surface area contributed by atoms with Crippen LogP contribution in [0.3, 0.4) is 0 Å². The number of aromatic nitrogens is 2. The Morgan fingerprint density at radius 3 is 3.00 bits per heavy atom. The number of halogens is 1. The van der Waals surface area contributed by atoms with Crippen molar-refractivity contribution in [1.82, 2.24) is 9.97 Å². The second kappa shape index (κ2) is 6.10. The monoisotopic (exact) mass is 344 g/mol. The van der Waals surface area contributed by atoms with Crippen molar-refractivity contribution in [3.05, 3.63) is 46.8 Å². The Balaban J connectivity index is 1.55. The van der Waals surface area contributed by atoms with Gasteiger partial charge in [-0.05, 0) is 34.1 Å². The van der Waals surface area contributed by atoms with E-state index in [-0.39, 0.29) is 0 Å². The van der Waals surface area contributed by atoms with Crippen molar-refractivity contribution in [2.75, 3.05) is 24.6 Å². The van der Waals surface area contributed by atoms with Gasteiger partial charge >= 0.3 is 0 Å². The predicted octanol–water partition coefficient (Wildman–Crippen LogP) is 2.63. The summed E-state index contributed by atoms with van der Waals surface area (Å²) in [5.41, 5.74) is 0.594. The molecule has 0 spiro atoms. The smallest absolute Gasteiger partial charge is 0.146 e. The number of nitrogens with zero attached hydrogens (tertiary/aromatic N) is 4. The van der Waals surface area contributed by atoms with Crippen LogP contribution in [0.4, 0.5) is 5.82 Å². The van der Waals surface area contributed by atoms with Gasteiger partial charge in [0, 0.05) is 35.9 Å². The van der Waals surface area contributed by atoms with Crippen LogP contribution in [-0.4, -0.2) is 29.7 Å². The minimum absolute atomic E-state index is 0.446. The van der Waals surface area contributed by atoms with Gasteiger partial charge in [-0.25, -0.2) is 4.98 Å². The summed E-state index contributed by atoms with van der Waals surface area (Å²) in [5, 5.41) is 9.16. The minimum Gasteiger partial charge on any atom is -0.492 e. The lowest BCUT2D eigenvalue weighted by Crippen LogP contribution is -2.50. The molecule has 2 aromatic rings. The lowest BCUT2D eigenvalue weighted by molar-refractivity contribution is 0.219. The second-order valence-electron chi connectivity index (χ2n) is 4.91. The summed E-state index contributed by atoms with van der Waals surface area (Å²) in [7, 11) is 0. The van der Waals surface area contributed by atoms with Crippen LogP contribution in [0, 0.1) is 17.2 Å². The Labute approximate surface area is 131 Å². The third-order valence-electron chi connectivity index (χ3n) is 3.33. The van der Waals surface area contributed by atoms with Gasteiger partial charge in [0.1, 0.15) is 17.6 Å². The van der Waals surface area contributed by atoms with Crippen LogP contribution in [0.25, 0.3) is 0 Å². The van der Waals surface area contributed by atoms with Gasteiger partial charge in [-0.3, -0.25) is 4.98 Å². The van der Waals surface area contributed by atoms with Crippen LogP contribution >= 0.6 is 15.9 Å². The van der Waals surface area contributed by atoms with Crippen LogP contribution in [0.5, 0.6) is 5.75 Å². The first-order valence-electron chi connectivity index (χ1n) is 6.59. The summed E-state index contributed by atoms with van der Waals surface area (Å²) in [6, 6.07) is 7.73. The molecule has 1 fully saturated rings. The van der Waals surface area contributed by atoms with E-state index >= 15 is 0 Å².